The van der Waals surface area contributed by atoms with E-state index in [1.54, 1.807) is 6.20 Å². The van der Waals surface area contributed by atoms with Gasteiger partial charge in [0.1, 0.15) is 5.82 Å². The second-order valence-electron chi connectivity index (χ2n) is 3.78. The Balaban J connectivity index is 2.25. The van der Waals surface area contributed by atoms with Gasteiger partial charge in [-0.05, 0) is 12.1 Å². The molecule has 0 radical (unpaired) electrons. The Kier molecular flexibility index (Phi) is 2.41. The third-order valence-electron chi connectivity index (χ3n) is 2.21. The lowest BCUT2D eigenvalue weighted by Crippen LogP contribution is -2.18. The number of anilines is 1. The first-order valence-corrected chi connectivity index (χ1v) is 4.91. The molecule has 0 unspecified atom stereocenters. The SMILES string of the molecule is CC(C)C(=O)Nc1cc2cc[nH]c2cn1. The van der Waals surface area contributed by atoms with Crippen LogP contribution in [0.15, 0.2) is 24.5 Å². The molecule has 15 heavy (non-hydrogen) atoms. The van der Waals surface area contributed by atoms with Crippen molar-refractivity contribution in [2.45, 2.75) is 13.8 Å². The third kappa shape index (κ3) is 1.98. The first-order valence-electron chi connectivity index (χ1n) is 4.91. The molecule has 0 saturated carbocycles. The molecule has 0 atom stereocenters. The molecule has 0 aromatic carbocycles. The molecule has 4 heteroatoms. The summed E-state index contributed by atoms with van der Waals surface area (Å²) < 4.78 is 0. The molecular weight excluding hydrogens is 190 g/mol. The van der Waals surface area contributed by atoms with E-state index in [4.69, 9.17) is 0 Å². The molecule has 0 aliphatic rings. The van der Waals surface area contributed by atoms with Crippen LogP contribution < -0.4 is 5.32 Å². The molecule has 2 heterocycles. The number of carbonyl (C=O) groups excluding carboxylic acids is 1. The monoisotopic (exact) mass is 203 g/mol. The Labute approximate surface area is 87.7 Å². The van der Waals surface area contributed by atoms with Gasteiger partial charge in [-0.25, -0.2) is 4.98 Å². The van der Waals surface area contributed by atoms with E-state index in [1.165, 1.54) is 0 Å². The normalized spacial score (nSPS) is 10.9. The van der Waals surface area contributed by atoms with Gasteiger partial charge in [-0.2, -0.15) is 0 Å². The van der Waals surface area contributed by atoms with Gasteiger partial charge in [0.05, 0.1) is 11.7 Å². The number of nitrogens with one attached hydrogen (secondary N) is 2. The van der Waals surface area contributed by atoms with Crippen LogP contribution in [-0.4, -0.2) is 15.9 Å². The van der Waals surface area contributed by atoms with Gasteiger partial charge in [-0.15, -0.1) is 0 Å². The fourth-order valence-corrected chi connectivity index (χ4v) is 1.29. The molecule has 1 amide bonds. The predicted octanol–water partition coefficient (Wildman–Crippen LogP) is 2.16. The summed E-state index contributed by atoms with van der Waals surface area (Å²) in [7, 11) is 0. The van der Waals surface area contributed by atoms with E-state index >= 15 is 0 Å². The van der Waals surface area contributed by atoms with Crippen LogP contribution >= 0.6 is 0 Å². The number of rotatable bonds is 2. The summed E-state index contributed by atoms with van der Waals surface area (Å²) in [5.41, 5.74) is 0.970. The summed E-state index contributed by atoms with van der Waals surface area (Å²) in [5, 5.41) is 3.80. The highest BCUT2D eigenvalue weighted by atomic mass is 16.1. The third-order valence-corrected chi connectivity index (χ3v) is 2.21. The maximum Gasteiger partial charge on any atom is 0.228 e. The van der Waals surface area contributed by atoms with Crippen molar-refractivity contribution in [3.05, 3.63) is 24.5 Å². The Hall–Kier alpha value is -1.84. The quantitative estimate of drug-likeness (QED) is 0.785. The highest BCUT2D eigenvalue weighted by Crippen LogP contribution is 2.15. The molecule has 0 bridgehead atoms. The van der Waals surface area contributed by atoms with Crippen molar-refractivity contribution < 1.29 is 4.79 Å². The van der Waals surface area contributed by atoms with E-state index < -0.39 is 0 Å². The van der Waals surface area contributed by atoms with Crippen molar-refractivity contribution in [3.8, 4) is 0 Å². The minimum Gasteiger partial charge on any atom is -0.360 e. The highest BCUT2D eigenvalue weighted by Gasteiger charge is 2.07. The molecule has 4 nitrogen and oxygen atoms in total. The minimum atomic E-state index is -0.0336. The van der Waals surface area contributed by atoms with E-state index in [-0.39, 0.29) is 11.8 Å². The maximum absolute atomic E-state index is 11.4. The Morgan fingerprint density at radius 2 is 2.33 bits per heavy atom. The van der Waals surface area contributed by atoms with Crippen LogP contribution in [0.1, 0.15) is 13.8 Å². The summed E-state index contributed by atoms with van der Waals surface area (Å²) >= 11 is 0. The molecule has 2 aromatic heterocycles. The molecule has 0 saturated heterocycles. The summed E-state index contributed by atoms with van der Waals surface area (Å²) in [6.45, 7) is 3.70. The Morgan fingerprint density at radius 3 is 3.07 bits per heavy atom. The van der Waals surface area contributed by atoms with Crippen molar-refractivity contribution in [2.75, 3.05) is 5.32 Å². The first kappa shape index (κ1) is 9.71. The summed E-state index contributed by atoms with van der Waals surface area (Å²) in [6, 6.07) is 3.80. The fourth-order valence-electron chi connectivity index (χ4n) is 1.29. The summed E-state index contributed by atoms with van der Waals surface area (Å²) in [4.78, 5) is 18.6. The van der Waals surface area contributed by atoms with Gasteiger partial charge in [0.25, 0.3) is 0 Å². The van der Waals surface area contributed by atoms with E-state index in [0.717, 1.165) is 10.9 Å². The van der Waals surface area contributed by atoms with Crippen LogP contribution in [0.3, 0.4) is 0 Å². The molecule has 2 rings (SSSR count). The van der Waals surface area contributed by atoms with Crippen molar-refractivity contribution >= 4 is 22.6 Å². The minimum absolute atomic E-state index is 0.0163. The zero-order valence-electron chi connectivity index (χ0n) is 8.74. The lowest BCUT2D eigenvalue weighted by molar-refractivity contribution is -0.118. The number of hydrogen-bond donors (Lipinski definition) is 2. The number of amides is 1. The molecule has 0 spiro atoms. The number of aromatic amines is 1. The highest BCUT2D eigenvalue weighted by molar-refractivity contribution is 5.93. The van der Waals surface area contributed by atoms with Crippen LogP contribution in [0.5, 0.6) is 0 Å². The smallest absolute Gasteiger partial charge is 0.228 e. The number of aromatic nitrogens is 2. The first-order chi connectivity index (χ1) is 7.16. The van der Waals surface area contributed by atoms with Crippen molar-refractivity contribution in [2.24, 2.45) is 5.92 Å². The number of pyridine rings is 1. The van der Waals surface area contributed by atoms with Gasteiger partial charge in [0.15, 0.2) is 0 Å². The Morgan fingerprint density at radius 1 is 1.53 bits per heavy atom. The van der Waals surface area contributed by atoms with Gasteiger partial charge in [0.2, 0.25) is 5.91 Å². The predicted molar refractivity (Wildman–Crippen MR) is 59.6 cm³/mol. The van der Waals surface area contributed by atoms with E-state index in [1.807, 2.05) is 32.2 Å². The zero-order chi connectivity index (χ0) is 10.8. The molecule has 2 aromatic rings. The molecule has 0 aliphatic heterocycles. The molecule has 0 aliphatic carbocycles. The number of nitrogens with zero attached hydrogens (tertiary/aromatic N) is 1. The maximum atomic E-state index is 11.4. The fraction of sp³-hybridized carbons (Fsp3) is 0.273. The van der Waals surface area contributed by atoms with Gasteiger partial charge in [0, 0.05) is 17.5 Å². The number of carbonyl (C=O) groups is 1. The molecular formula is C11H13N3O. The average molecular weight is 203 g/mol. The zero-order valence-corrected chi connectivity index (χ0v) is 8.74. The lowest BCUT2D eigenvalue weighted by atomic mass is 10.2. The van der Waals surface area contributed by atoms with Gasteiger partial charge in [-0.1, -0.05) is 13.8 Å². The van der Waals surface area contributed by atoms with Crippen LogP contribution in [0, 0.1) is 5.92 Å². The van der Waals surface area contributed by atoms with E-state index in [0.29, 0.717) is 5.82 Å². The van der Waals surface area contributed by atoms with Crippen LogP contribution in [-0.2, 0) is 4.79 Å². The van der Waals surface area contributed by atoms with Gasteiger partial charge in [-0.3, -0.25) is 4.79 Å². The Bertz CT molecular complexity index is 487. The molecule has 0 fully saturated rings. The second-order valence-corrected chi connectivity index (χ2v) is 3.78. The van der Waals surface area contributed by atoms with Crippen molar-refractivity contribution in [1.29, 1.82) is 0 Å². The topological polar surface area (TPSA) is 57.8 Å². The summed E-state index contributed by atoms with van der Waals surface area (Å²) in [5.74, 6) is 0.548. The van der Waals surface area contributed by atoms with Crippen LogP contribution in [0.2, 0.25) is 0 Å². The van der Waals surface area contributed by atoms with E-state index in [9.17, 15) is 4.79 Å². The molecule has 2 N–H and O–H groups in total. The molecule has 78 valence electrons. The van der Waals surface area contributed by atoms with Gasteiger partial charge >= 0.3 is 0 Å². The lowest BCUT2D eigenvalue weighted by Gasteiger charge is -2.06. The van der Waals surface area contributed by atoms with Crippen LogP contribution in [0.4, 0.5) is 5.82 Å². The number of fused-ring (bicyclic) bond motifs is 1. The number of hydrogen-bond acceptors (Lipinski definition) is 2. The van der Waals surface area contributed by atoms with E-state index in [2.05, 4.69) is 15.3 Å². The van der Waals surface area contributed by atoms with Gasteiger partial charge < -0.3 is 10.3 Å². The number of H-pyrrole nitrogens is 1. The standard InChI is InChI=1S/C11H13N3O/c1-7(2)11(15)14-10-5-8-3-4-12-9(8)6-13-10/h3-7,12H,1-2H3,(H,13,14,15). The van der Waals surface area contributed by atoms with Crippen molar-refractivity contribution in [1.82, 2.24) is 9.97 Å². The second kappa shape index (κ2) is 3.73. The van der Waals surface area contributed by atoms with Crippen LogP contribution in [0.25, 0.3) is 10.9 Å². The van der Waals surface area contributed by atoms with Crippen molar-refractivity contribution in [3.63, 3.8) is 0 Å². The largest absolute Gasteiger partial charge is 0.360 e. The summed E-state index contributed by atoms with van der Waals surface area (Å²) in [6.07, 6.45) is 3.56. The average Bonchev–Trinajstić information content (AvgIpc) is 2.64.